The van der Waals surface area contributed by atoms with Gasteiger partial charge in [0.25, 0.3) is 0 Å². The van der Waals surface area contributed by atoms with Gasteiger partial charge in [0.2, 0.25) is 5.91 Å². The average Bonchev–Trinajstić information content (AvgIpc) is 1.94. The van der Waals surface area contributed by atoms with Crippen molar-refractivity contribution >= 4 is 5.91 Å². The lowest BCUT2D eigenvalue weighted by Gasteiger charge is -2.32. The third-order valence-corrected chi connectivity index (χ3v) is 2.23. The highest BCUT2D eigenvalue weighted by Crippen LogP contribution is 2.13. The summed E-state index contributed by atoms with van der Waals surface area (Å²) < 4.78 is 0. The van der Waals surface area contributed by atoms with E-state index in [-0.39, 0.29) is 17.9 Å². The molecule has 0 aromatic rings. The van der Waals surface area contributed by atoms with E-state index in [1.165, 1.54) is 0 Å². The summed E-state index contributed by atoms with van der Waals surface area (Å²) in [4.78, 5) is 12.9. The number of primary amides is 1. The summed E-state index contributed by atoms with van der Waals surface area (Å²) in [6.45, 7) is 1.67. The van der Waals surface area contributed by atoms with Crippen LogP contribution in [0.5, 0.6) is 0 Å². The Morgan fingerprint density at radius 1 is 1.64 bits per heavy atom. The van der Waals surface area contributed by atoms with Crippen molar-refractivity contribution in [2.45, 2.75) is 12.5 Å². The molecule has 1 aliphatic rings. The van der Waals surface area contributed by atoms with Crippen molar-refractivity contribution in [1.82, 2.24) is 4.90 Å². The molecule has 1 rings (SSSR count). The Kier molecular flexibility index (Phi) is 2.46. The summed E-state index contributed by atoms with van der Waals surface area (Å²) in [7, 11) is 1.97. The molecular weight excluding hydrogens is 142 g/mol. The summed E-state index contributed by atoms with van der Waals surface area (Å²) in [5.74, 6) is -0.433. The second-order valence-electron chi connectivity index (χ2n) is 3.22. The lowest BCUT2D eigenvalue weighted by Crippen LogP contribution is -2.50. The maximum atomic E-state index is 10.8. The van der Waals surface area contributed by atoms with E-state index in [1.54, 1.807) is 0 Å². The SMILES string of the molecule is CN1CC[C@@H](N)[C@@H](C(N)=O)C1. The van der Waals surface area contributed by atoms with Crippen LogP contribution >= 0.6 is 0 Å². The van der Waals surface area contributed by atoms with E-state index in [0.717, 1.165) is 13.0 Å². The Hall–Kier alpha value is -0.610. The van der Waals surface area contributed by atoms with Gasteiger partial charge in [0.15, 0.2) is 0 Å². The molecule has 0 aromatic carbocycles. The zero-order valence-corrected chi connectivity index (χ0v) is 6.79. The topological polar surface area (TPSA) is 72.3 Å². The van der Waals surface area contributed by atoms with Gasteiger partial charge in [-0.05, 0) is 20.0 Å². The second kappa shape index (κ2) is 3.19. The Morgan fingerprint density at radius 3 is 2.73 bits per heavy atom. The molecule has 1 fully saturated rings. The zero-order valence-electron chi connectivity index (χ0n) is 6.79. The molecule has 1 saturated heterocycles. The smallest absolute Gasteiger partial charge is 0.223 e. The fourth-order valence-electron chi connectivity index (χ4n) is 1.43. The van der Waals surface area contributed by atoms with Gasteiger partial charge in [0.05, 0.1) is 5.92 Å². The third-order valence-electron chi connectivity index (χ3n) is 2.23. The molecule has 64 valence electrons. The first-order chi connectivity index (χ1) is 5.11. The highest BCUT2D eigenvalue weighted by atomic mass is 16.1. The number of hydrogen-bond donors (Lipinski definition) is 2. The van der Waals surface area contributed by atoms with Crippen LogP contribution in [0, 0.1) is 5.92 Å². The van der Waals surface area contributed by atoms with E-state index in [1.807, 2.05) is 7.05 Å². The van der Waals surface area contributed by atoms with Gasteiger partial charge >= 0.3 is 0 Å². The van der Waals surface area contributed by atoms with Crippen LogP contribution in [-0.2, 0) is 4.79 Å². The van der Waals surface area contributed by atoms with Gasteiger partial charge in [-0.1, -0.05) is 0 Å². The van der Waals surface area contributed by atoms with Crippen LogP contribution in [0.4, 0.5) is 0 Å². The fraction of sp³-hybridized carbons (Fsp3) is 0.857. The summed E-state index contributed by atoms with van der Waals surface area (Å²) >= 11 is 0. The largest absolute Gasteiger partial charge is 0.369 e. The van der Waals surface area contributed by atoms with Crippen LogP contribution in [-0.4, -0.2) is 37.0 Å². The average molecular weight is 157 g/mol. The van der Waals surface area contributed by atoms with Crippen molar-refractivity contribution in [2.75, 3.05) is 20.1 Å². The minimum Gasteiger partial charge on any atom is -0.369 e. The second-order valence-corrected chi connectivity index (χ2v) is 3.22. The van der Waals surface area contributed by atoms with E-state index in [2.05, 4.69) is 4.90 Å². The first kappa shape index (κ1) is 8.49. The summed E-state index contributed by atoms with van der Waals surface area (Å²) in [5, 5.41) is 0. The van der Waals surface area contributed by atoms with E-state index in [9.17, 15) is 4.79 Å². The molecule has 0 unspecified atom stereocenters. The number of nitrogens with zero attached hydrogens (tertiary/aromatic N) is 1. The third kappa shape index (κ3) is 1.91. The minimum atomic E-state index is -0.274. The van der Waals surface area contributed by atoms with Crippen LogP contribution in [0.15, 0.2) is 0 Å². The standard InChI is InChI=1S/C7H15N3O/c1-10-3-2-6(8)5(4-10)7(9)11/h5-6H,2-4,8H2,1H3,(H2,9,11)/t5-,6+/m0/s1. The van der Waals surface area contributed by atoms with Gasteiger partial charge in [-0.25, -0.2) is 0 Å². The quantitative estimate of drug-likeness (QED) is 0.499. The van der Waals surface area contributed by atoms with E-state index >= 15 is 0 Å². The lowest BCUT2D eigenvalue weighted by atomic mass is 9.93. The molecule has 1 heterocycles. The molecule has 1 aliphatic heterocycles. The molecule has 4 nitrogen and oxygen atoms in total. The molecule has 4 heteroatoms. The van der Waals surface area contributed by atoms with Gasteiger partial charge in [0.1, 0.15) is 0 Å². The molecule has 2 atom stereocenters. The lowest BCUT2D eigenvalue weighted by molar-refractivity contribution is -0.123. The molecule has 0 saturated carbocycles. The molecule has 4 N–H and O–H groups in total. The summed E-state index contributed by atoms with van der Waals surface area (Å²) in [6.07, 6.45) is 0.865. The number of nitrogens with two attached hydrogens (primary N) is 2. The highest BCUT2D eigenvalue weighted by molar-refractivity contribution is 5.77. The van der Waals surface area contributed by atoms with Gasteiger partial charge < -0.3 is 16.4 Å². The molecule has 0 spiro atoms. The fourth-order valence-corrected chi connectivity index (χ4v) is 1.43. The maximum absolute atomic E-state index is 10.8. The molecule has 0 radical (unpaired) electrons. The van der Waals surface area contributed by atoms with Gasteiger partial charge in [-0.2, -0.15) is 0 Å². The molecular formula is C7H15N3O. The van der Waals surface area contributed by atoms with Crippen LogP contribution in [0.25, 0.3) is 0 Å². The van der Waals surface area contributed by atoms with Crippen molar-refractivity contribution in [3.8, 4) is 0 Å². The number of carbonyl (C=O) groups excluding carboxylic acids is 1. The van der Waals surface area contributed by atoms with E-state index in [4.69, 9.17) is 11.5 Å². The van der Waals surface area contributed by atoms with Crippen LogP contribution in [0.3, 0.4) is 0 Å². The first-order valence-corrected chi connectivity index (χ1v) is 3.84. The van der Waals surface area contributed by atoms with Gasteiger partial charge in [-0.3, -0.25) is 4.79 Å². The van der Waals surface area contributed by atoms with Gasteiger partial charge in [0, 0.05) is 12.6 Å². The Bertz CT molecular complexity index is 160. The molecule has 1 amide bonds. The zero-order chi connectivity index (χ0) is 8.43. The Labute approximate surface area is 66.5 Å². The predicted molar refractivity (Wildman–Crippen MR) is 42.8 cm³/mol. The van der Waals surface area contributed by atoms with Crippen molar-refractivity contribution in [2.24, 2.45) is 17.4 Å². The molecule has 11 heavy (non-hydrogen) atoms. The minimum absolute atomic E-state index is 0.0382. The first-order valence-electron chi connectivity index (χ1n) is 3.84. The van der Waals surface area contributed by atoms with E-state index in [0.29, 0.717) is 6.54 Å². The van der Waals surface area contributed by atoms with Crippen LogP contribution in [0.1, 0.15) is 6.42 Å². The molecule has 0 bridgehead atoms. The van der Waals surface area contributed by atoms with Crippen LogP contribution in [0.2, 0.25) is 0 Å². The van der Waals surface area contributed by atoms with Gasteiger partial charge in [-0.15, -0.1) is 0 Å². The number of carbonyl (C=O) groups is 1. The number of piperidine rings is 1. The molecule has 0 aromatic heterocycles. The van der Waals surface area contributed by atoms with E-state index < -0.39 is 0 Å². The van der Waals surface area contributed by atoms with Crippen molar-refractivity contribution in [3.63, 3.8) is 0 Å². The van der Waals surface area contributed by atoms with Crippen molar-refractivity contribution in [1.29, 1.82) is 0 Å². The number of hydrogen-bond acceptors (Lipinski definition) is 3. The predicted octanol–water partition coefficient (Wildman–Crippen LogP) is -1.25. The maximum Gasteiger partial charge on any atom is 0.223 e. The monoisotopic (exact) mass is 157 g/mol. The highest BCUT2D eigenvalue weighted by Gasteiger charge is 2.28. The number of likely N-dealkylation sites (tertiary alicyclic amines) is 1. The summed E-state index contributed by atoms with van der Waals surface area (Å²) in [5.41, 5.74) is 10.9. The normalized spacial score (nSPS) is 33.6. The van der Waals surface area contributed by atoms with Crippen molar-refractivity contribution < 1.29 is 4.79 Å². The number of rotatable bonds is 1. The Balaban J connectivity index is 2.54. The van der Waals surface area contributed by atoms with Crippen LogP contribution < -0.4 is 11.5 Å². The molecule has 0 aliphatic carbocycles. The van der Waals surface area contributed by atoms with Crippen molar-refractivity contribution in [3.05, 3.63) is 0 Å². The Morgan fingerprint density at radius 2 is 2.27 bits per heavy atom. The number of amides is 1. The summed E-state index contributed by atoms with van der Waals surface area (Å²) in [6, 6.07) is -0.0382.